The van der Waals surface area contributed by atoms with Crippen molar-refractivity contribution in [2.75, 3.05) is 13.2 Å². The molecule has 3 aromatic carbocycles. The number of ether oxygens (including phenoxy) is 2. The van der Waals surface area contributed by atoms with Crippen molar-refractivity contribution in [3.63, 3.8) is 0 Å². The van der Waals surface area contributed by atoms with Crippen LogP contribution in [0.2, 0.25) is 0 Å². The van der Waals surface area contributed by atoms with Crippen LogP contribution in [0, 0.1) is 18.6 Å². The number of hydrogen-bond acceptors (Lipinski definition) is 5. The molecule has 2 aromatic heterocycles. The Morgan fingerprint density at radius 1 is 1.02 bits per heavy atom. The minimum atomic E-state index is -1.02. The summed E-state index contributed by atoms with van der Waals surface area (Å²) >= 11 is 0. The van der Waals surface area contributed by atoms with E-state index in [1.807, 2.05) is 17.6 Å². The summed E-state index contributed by atoms with van der Waals surface area (Å²) in [6.07, 6.45) is 0.982. The lowest BCUT2D eigenvalue weighted by Crippen LogP contribution is -2.13. The van der Waals surface area contributed by atoms with Crippen molar-refractivity contribution < 1.29 is 28.2 Å². The lowest BCUT2D eigenvalue weighted by atomic mass is 10.0. The molecule has 0 saturated carbocycles. The molecule has 0 radical (unpaired) electrons. The Balaban J connectivity index is 1.25. The standard InChI is InChI=1S/C32H27F2N3O4/c1-19-5-6-23(25(33)13-19)17-41-31-4-2-3-27(36-31)21-8-7-20(26(34)14-21)16-30-35-28-10-9-22(32(38)39)15-29(28)37(30)24-11-12-40-18-24/h2-10,13-15,24H,11-12,16-18H2,1H3,(H,38,39)/t24-/m0/s1. The number of carboxylic acid groups (broad SMARTS) is 1. The van der Waals surface area contributed by atoms with Crippen molar-refractivity contribution in [3.8, 4) is 17.1 Å². The fourth-order valence-corrected chi connectivity index (χ4v) is 5.13. The highest BCUT2D eigenvalue weighted by Crippen LogP contribution is 2.30. The van der Waals surface area contributed by atoms with Gasteiger partial charge in [-0.05, 0) is 60.9 Å². The minimum absolute atomic E-state index is 0.0123. The number of halogens is 2. The van der Waals surface area contributed by atoms with Crippen LogP contribution in [0.15, 0.2) is 72.8 Å². The zero-order valence-electron chi connectivity index (χ0n) is 22.3. The van der Waals surface area contributed by atoms with Crippen LogP contribution in [0.25, 0.3) is 22.3 Å². The number of aromatic carboxylic acids is 1. The molecule has 0 unspecified atom stereocenters. The number of benzene rings is 3. The van der Waals surface area contributed by atoms with Crippen molar-refractivity contribution in [1.29, 1.82) is 0 Å². The summed E-state index contributed by atoms with van der Waals surface area (Å²) in [5, 5.41) is 9.49. The summed E-state index contributed by atoms with van der Waals surface area (Å²) in [4.78, 5) is 20.8. The molecule has 0 aliphatic carbocycles. The zero-order valence-corrected chi connectivity index (χ0v) is 22.3. The Morgan fingerprint density at radius 3 is 2.61 bits per heavy atom. The van der Waals surface area contributed by atoms with Crippen LogP contribution in [-0.4, -0.2) is 38.8 Å². The van der Waals surface area contributed by atoms with Gasteiger partial charge in [-0.25, -0.2) is 23.5 Å². The number of aromatic nitrogens is 3. The number of nitrogens with zero attached hydrogens (tertiary/aromatic N) is 3. The van der Waals surface area contributed by atoms with Gasteiger partial charge in [0.25, 0.3) is 0 Å². The molecule has 3 heterocycles. The molecular weight excluding hydrogens is 528 g/mol. The molecule has 6 rings (SSSR count). The van der Waals surface area contributed by atoms with Crippen LogP contribution in [0.5, 0.6) is 5.88 Å². The Hall–Kier alpha value is -4.63. The molecule has 1 fully saturated rings. The fourth-order valence-electron chi connectivity index (χ4n) is 5.13. The van der Waals surface area contributed by atoms with Crippen molar-refractivity contribution in [2.45, 2.75) is 32.4 Å². The number of carboxylic acids is 1. The molecule has 0 bridgehead atoms. The molecule has 9 heteroatoms. The third kappa shape index (κ3) is 5.53. The van der Waals surface area contributed by atoms with E-state index in [1.54, 1.807) is 48.5 Å². The van der Waals surface area contributed by atoms with E-state index in [2.05, 4.69) is 4.98 Å². The van der Waals surface area contributed by atoms with Crippen LogP contribution in [0.3, 0.4) is 0 Å². The predicted octanol–water partition coefficient (Wildman–Crippen LogP) is 6.51. The van der Waals surface area contributed by atoms with E-state index in [9.17, 15) is 14.3 Å². The molecule has 7 nitrogen and oxygen atoms in total. The molecular formula is C32H27F2N3O4. The second kappa shape index (κ2) is 11.1. The number of carbonyl (C=O) groups is 1. The highest BCUT2D eigenvalue weighted by atomic mass is 19.1. The van der Waals surface area contributed by atoms with Crippen molar-refractivity contribution in [1.82, 2.24) is 14.5 Å². The maximum absolute atomic E-state index is 15.5. The number of rotatable bonds is 8. The van der Waals surface area contributed by atoms with Gasteiger partial charge in [0.2, 0.25) is 5.88 Å². The van der Waals surface area contributed by atoms with Crippen LogP contribution in [0.4, 0.5) is 8.78 Å². The van der Waals surface area contributed by atoms with Crippen molar-refractivity contribution >= 4 is 17.0 Å². The normalized spacial score (nSPS) is 15.0. The van der Waals surface area contributed by atoms with E-state index in [0.29, 0.717) is 58.3 Å². The quantitative estimate of drug-likeness (QED) is 0.235. The second-order valence-corrected chi connectivity index (χ2v) is 10.2. The Bertz CT molecular complexity index is 1760. The molecule has 41 heavy (non-hydrogen) atoms. The maximum Gasteiger partial charge on any atom is 0.335 e. The Kier molecular flexibility index (Phi) is 7.19. The SMILES string of the molecule is Cc1ccc(COc2cccc(-c3ccc(Cc4nc5ccc(C(=O)O)cc5n4[C@H]4CCOC4)c(F)c3)n2)c(F)c1. The van der Waals surface area contributed by atoms with Crippen molar-refractivity contribution in [3.05, 3.63) is 113 Å². The largest absolute Gasteiger partial charge is 0.478 e. The average molecular weight is 556 g/mol. The average Bonchev–Trinajstić information content (AvgIpc) is 3.61. The van der Waals surface area contributed by atoms with E-state index in [-0.39, 0.29) is 30.5 Å². The van der Waals surface area contributed by atoms with E-state index in [4.69, 9.17) is 14.5 Å². The van der Waals surface area contributed by atoms with E-state index in [0.717, 1.165) is 12.0 Å². The van der Waals surface area contributed by atoms with Gasteiger partial charge in [-0.3, -0.25) is 0 Å². The molecule has 1 aliphatic heterocycles. The minimum Gasteiger partial charge on any atom is -0.478 e. The van der Waals surface area contributed by atoms with Crippen molar-refractivity contribution in [2.24, 2.45) is 0 Å². The molecule has 1 atom stereocenters. The van der Waals surface area contributed by atoms with E-state index >= 15 is 4.39 Å². The number of hydrogen-bond donors (Lipinski definition) is 1. The number of aryl methyl sites for hydroxylation is 1. The molecule has 1 saturated heterocycles. The smallest absolute Gasteiger partial charge is 0.335 e. The first-order valence-electron chi connectivity index (χ1n) is 13.3. The van der Waals surface area contributed by atoms with Crippen LogP contribution in [0.1, 0.15) is 45.3 Å². The molecule has 208 valence electrons. The zero-order chi connectivity index (χ0) is 28.5. The van der Waals surface area contributed by atoms with Crippen LogP contribution >= 0.6 is 0 Å². The predicted molar refractivity (Wildman–Crippen MR) is 149 cm³/mol. The fraction of sp³-hybridized carbons (Fsp3) is 0.219. The maximum atomic E-state index is 15.5. The van der Waals surface area contributed by atoms with Gasteiger partial charge < -0.3 is 19.1 Å². The van der Waals surface area contributed by atoms with Gasteiger partial charge in [0.1, 0.15) is 24.1 Å². The lowest BCUT2D eigenvalue weighted by molar-refractivity contribution is 0.0697. The highest BCUT2D eigenvalue weighted by molar-refractivity contribution is 5.92. The summed E-state index contributed by atoms with van der Waals surface area (Å²) in [7, 11) is 0. The summed E-state index contributed by atoms with van der Waals surface area (Å²) in [6, 6.07) is 19.9. The van der Waals surface area contributed by atoms with Gasteiger partial charge >= 0.3 is 5.97 Å². The Labute approximate surface area is 235 Å². The molecule has 1 N–H and O–H groups in total. The summed E-state index contributed by atoms with van der Waals surface area (Å²) < 4.78 is 42.9. The monoisotopic (exact) mass is 555 g/mol. The lowest BCUT2D eigenvalue weighted by Gasteiger charge is -2.16. The molecule has 0 spiro atoms. The van der Waals surface area contributed by atoms with E-state index in [1.165, 1.54) is 18.2 Å². The summed E-state index contributed by atoms with van der Waals surface area (Å²) in [5.41, 5.74) is 4.31. The topological polar surface area (TPSA) is 86.5 Å². The highest BCUT2D eigenvalue weighted by Gasteiger charge is 2.24. The first-order valence-corrected chi connectivity index (χ1v) is 13.3. The van der Waals surface area contributed by atoms with Gasteiger partial charge in [-0.1, -0.05) is 30.3 Å². The van der Waals surface area contributed by atoms with Crippen LogP contribution < -0.4 is 4.74 Å². The molecule has 5 aromatic rings. The molecule has 0 amide bonds. The van der Waals surface area contributed by atoms with Gasteiger partial charge in [0.15, 0.2) is 0 Å². The number of imidazole rings is 1. The first-order chi connectivity index (χ1) is 19.9. The first kappa shape index (κ1) is 26.6. The third-order valence-corrected chi connectivity index (χ3v) is 7.29. The molecule has 1 aliphatic rings. The summed E-state index contributed by atoms with van der Waals surface area (Å²) in [5.74, 6) is -0.822. The second-order valence-electron chi connectivity index (χ2n) is 10.2. The van der Waals surface area contributed by atoms with Gasteiger partial charge in [0.05, 0.1) is 34.9 Å². The van der Waals surface area contributed by atoms with Crippen LogP contribution in [-0.2, 0) is 17.8 Å². The van der Waals surface area contributed by atoms with Gasteiger partial charge in [-0.2, -0.15) is 0 Å². The Morgan fingerprint density at radius 2 is 1.85 bits per heavy atom. The summed E-state index contributed by atoms with van der Waals surface area (Å²) in [6.45, 7) is 2.93. The third-order valence-electron chi connectivity index (χ3n) is 7.29. The number of fused-ring (bicyclic) bond motifs is 1. The number of pyridine rings is 1. The van der Waals surface area contributed by atoms with Gasteiger partial charge in [-0.15, -0.1) is 0 Å². The van der Waals surface area contributed by atoms with E-state index < -0.39 is 11.8 Å². The van der Waals surface area contributed by atoms with Gasteiger partial charge in [0, 0.05) is 30.2 Å².